The summed E-state index contributed by atoms with van der Waals surface area (Å²) in [5, 5.41) is 0. The highest BCUT2D eigenvalue weighted by Crippen LogP contribution is 2.14. The van der Waals surface area contributed by atoms with Crippen LogP contribution in [0.15, 0.2) is 122 Å². The van der Waals surface area contributed by atoms with Crippen molar-refractivity contribution in [2.45, 2.75) is 271 Å². The number of esters is 3. The Morgan fingerprint density at radius 3 is 0.849 bits per heavy atom. The second kappa shape index (κ2) is 60.4. The van der Waals surface area contributed by atoms with Crippen LogP contribution in [0.1, 0.15) is 265 Å². The van der Waals surface area contributed by atoms with E-state index in [1.54, 1.807) is 0 Å². The second-order valence-corrected chi connectivity index (χ2v) is 19.5. The number of carbonyl (C=O) groups is 3. The first-order valence-electron chi connectivity index (χ1n) is 30.0. The van der Waals surface area contributed by atoms with Crippen LogP contribution in [0.3, 0.4) is 0 Å². The summed E-state index contributed by atoms with van der Waals surface area (Å²) in [4.78, 5) is 38.0. The molecule has 0 aliphatic carbocycles. The van der Waals surface area contributed by atoms with E-state index < -0.39 is 6.10 Å². The lowest BCUT2D eigenvalue weighted by molar-refractivity contribution is -0.167. The molecule has 0 aromatic rings. The Morgan fingerprint density at radius 2 is 0.534 bits per heavy atom. The molecule has 0 radical (unpaired) electrons. The number of hydrogen-bond donors (Lipinski definition) is 0. The lowest BCUT2D eigenvalue weighted by atomic mass is 10.1. The van der Waals surface area contributed by atoms with Crippen molar-refractivity contribution >= 4 is 17.9 Å². The number of ether oxygens (including phenoxy) is 3. The van der Waals surface area contributed by atoms with Crippen LogP contribution < -0.4 is 0 Å². The monoisotopic (exact) mass is 1010 g/mol. The quantitative estimate of drug-likeness (QED) is 0.0261. The molecule has 6 heteroatoms. The molecule has 0 N–H and O–H groups in total. The number of allylic oxidation sites excluding steroid dienone is 20. The first-order valence-corrected chi connectivity index (χ1v) is 30.0. The Labute approximate surface area is 450 Å². The number of carbonyl (C=O) groups excluding carboxylic acids is 3. The van der Waals surface area contributed by atoms with E-state index in [1.807, 2.05) is 0 Å². The Hall–Kier alpha value is -4.19. The third kappa shape index (κ3) is 58.6. The van der Waals surface area contributed by atoms with Crippen LogP contribution in [0.5, 0.6) is 0 Å². The normalized spacial score (nSPS) is 13.0. The molecular formula is C67H110O6. The molecule has 0 saturated heterocycles. The SMILES string of the molecule is CC/C=C\C/C=C\C/C=C\C/C=C\C/C=C\C/C=C\C/C=C\CCCCCC(=O)OCC(COC(=O)CCCCCCCCC)OC(=O)CCCCCCCCCC/C=C\C/C=C\C/C=C\CCCCCCC. The van der Waals surface area contributed by atoms with Crippen LogP contribution in [0.4, 0.5) is 0 Å². The maximum absolute atomic E-state index is 12.8. The van der Waals surface area contributed by atoms with E-state index in [0.717, 1.165) is 128 Å². The Kier molecular flexibility index (Phi) is 56.9. The fraction of sp³-hybridized carbons (Fsp3) is 0.657. The van der Waals surface area contributed by atoms with Crippen molar-refractivity contribution in [1.82, 2.24) is 0 Å². The van der Waals surface area contributed by atoms with Gasteiger partial charge in [0.2, 0.25) is 0 Å². The van der Waals surface area contributed by atoms with Crippen molar-refractivity contribution in [2.75, 3.05) is 13.2 Å². The minimum Gasteiger partial charge on any atom is -0.462 e. The summed E-state index contributed by atoms with van der Waals surface area (Å²) in [7, 11) is 0. The van der Waals surface area contributed by atoms with Gasteiger partial charge in [-0.2, -0.15) is 0 Å². The van der Waals surface area contributed by atoms with Gasteiger partial charge in [-0.15, -0.1) is 0 Å². The zero-order valence-corrected chi connectivity index (χ0v) is 47.4. The van der Waals surface area contributed by atoms with Crippen LogP contribution >= 0.6 is 0 Å². The van der Waals surface area contributed by atoms with E-state index >= 15 is 0 Å². The first-order chi connectivity index (χ1) is 36.0. The molecule has 0 amide bonds. The summed E-state index contributed by atoms with van der Waals surface area (Å²) < 4.78 is 16.8. The molecule has 1 atom stereocenters. The molecule has 73 heavy (non-hydrogen) atoms. The van der Waals surface area contributed by atoms with E-state index in [2.05, 4.69) is 142 Å². The highest BCUT2D eigenvalue weighted by molar-refractivity contribution is 5.71. The molecule has 0 aromatic carbocycles. The molecular weight excluding hydrogens is 901 g/mol. The third-order valence-electron chi connectivity index (χ3n) is 12.5. The van der Waals surface area contributed by atoms with Gasteiger partial charge in [-0.25, -0.2) is 0 Å². The van der Waals surface area contributed by atoms with Crippen LogP contribution in [0.2, 0.25) is 0 Å². The zero-order chi connectivity index (χ0) is 52.9. The largest absolute Gasteiger partial charge is 0.462 e. The van der Waals surface area contributed by atoms with Gasteiger partial charge in [0.05, 0.1) is 0 Å². The van der Waals surface area contributed by atoms with Gasteiger partial charge < -0.3 is 14.2 Å². The minimum absolute atomic E-state index is 0.0939. The predicted molar refractivity (Wildman–Crippen MR) is 316 cm³/mol. The maximum atomic E-state index is 12.8. The van der Waals surface area contributed by atoms with E-state index in [4.69, 9.17) is 14.2 Å². The van der Waals surface area contributed by atoms with Gasteiger partial charge in [-0.3, -0.25) is 14.4 Å². The smallest absolute Gasteiger partial charge is 0.306 e. The second-order valence-electron chi connectivity index (χ2n) is 19.5. The molecule has 0 saturated carbocycles. The van der Waals surface area contributed by atoms with Crippen LogP contribution in [0.25, 0.3) is 0 Å². The van der Waals surface area contributed by atoms with Crippen LogP contribution in [-0.4, -0.2) is 37.2 Å². The molecule has 0 aliphatic rings. The van der Waals surface area contributed by atoms with Gasteiger partial charge in [-0.1, -0.05) is 251 Å². The summed E-state index contributed by atoms with van der Waals surface area (Å²) in [5.74, 6) is -0.943. The summed E-state index contributed by atoms with van der Waals surface area (Å²) >= 11 is 0. The minimum atomic E-state index is -0.797. The van der Waals surface area contributed by atoms with Crippen molar-refractivity contribution in [3.8, 4) is 0 Å². The molecule has 0 rings (SSSR count). The van der Waals surface area contributed by atoms with Gasteiger partial charge in [0.25, 0.3) is 0 Å². The number of hydrogen-bond acceptors (Lipinski definition) is 6. The lowest BCUT2D eigenvalue weighted by Gasteiger charge is -2.18. The van der Waals surface area contributed by atoms with E-state index in [1.165, 1.54) is 96.3 Å². The van der Waals surface area contributed by atoms with E-state index in [0.29, 0.717) is 19.3 Å². The van der Waals surface area contributed by atoms with Crippen LogP contribution in [-0.2, 0) is 28.6 Å². The summed E-state index contributed by atoms with van der Waals surface area (Å²) in [5.41, 5.74) is 0. The zero-order valence-electron chi connectivity index (χ0n) is 47.4. The van der Waals surface area contributed by atoms with Crippen molar-refractivity contribution in [3.05, 3.63) is 122 Å². The molecule has 1 unspecified atom stereocenters. The highest BCUT2D eigenvalue weighted by atomic mass is 16.6. The Bertz CT molecular complexity index is 1540. The molecule has 0 fully saturated rings. The molecule has 0 bridgehead atoms. The van der Waals surface area contributed by atoms with Crippen molar-refractivity contribution in [1.29, 1.82) is 0 Å². The van der Waals surface area contributed by atoms with Crippen molar-refractivity contribution in [3.63, 3.8) is 0 Å². The fourth-order valence-corrected chi connectivity index (χ4v) is 7.96. The average molecular weight is 1010 g/mol. The van der Waals surface area contributed by atoms with Gasteiger partial charge in [0.15, 0.2) is 6.10 Å². The Morgan fingerprint density at radius 1 is 0.288 bits per heavy atom. The molecule has 0 aliphatic heterocycles. The lowest BCUT2D eigenvalue weighted by Crippen LogP contribution is -2.30. The number of unbranched alkanes of at least 4 members (excludes halogenated alkanes) is 22. The number of rotatable bonds is 53. The third-order valence-corrected chi connectivity index (χ3v) is 12.5. The molecule has 0 heterocycles. The van der Waals surface area contributed by atoms with Crippen LogP contribution in [0, 0.1) is 0 Å². The predicted octanol–water partition coefficient (Wildman–Crippen LogP) is 20.4. The Balaban J connectivity index is 4.29. The van der Waals surface area contributed by atoms with Crippen molar-refractivity contribution in [2.24, 2.45) is 0 Å². The maximum Gasteiger partial charge on any atom is 0.306 e. The summed E-state index contributed by atoms with van der Waals surface area (Å²) in [6, 6.07) is 0. The standard InChI is InChI=1S/C67H110O6/c1-4-7-10-13-16-18-20-22-24-26-28-30-32-33-35-36-38-40-42-44-46-48-51-54-57-60-66(69)72-63-64(62-71-65(68)59-56-53-50-15-12-9-6-3)73-67(70)61-58-55-52-49-47-45-43-41-39-37-34-31-29-27-25-23-21-19-17-14-11-8-5-2/h7,10,16,18,21-24,27-30,33-35,37-38,40,44,46,64H,4-6,8-9,11-15,17,19-20,25-26,31-32,36,39,41-43,45,47-63H2,1-3H3/b10-7-,18-16-,23-21-,24-22-,29-27-,30-28-,35-33-,37-34-,40-38-,46-44-. The first kappa shape index (κ1) is 68.8. The van der Waals surface area contributed by atoms with Gasteiger partial charge in [-0.05, 0) is 116 Å². The molecule has 6 nitrogen and oxygen atoms in total. The van der Waals surface area contributed by atoms with Crippen molar-refractivity contribution < 1.29 is 28.6 Å². The molecule has 0 aromatic heterocycles. The van der Waals surface area contributed by atoms with Gasteiger partial charge in [0, 0.05) is 19.3 Å². The molecule has 0 spiro atoms. The highest BCUT2D eigenvalue weighted by Gasteiger charge is 2.19. The van der Waals surface area contributed by atoms with E-state index in [-0.39, 0.29) is 31.1 Å². The molecule has 414 valence electrons. The summed E-state index contributed by atoms with van der Waals surface area (Å²) in [6.07, 6.45) is 83.6. The van der Waals surface area contributed by atoms with E-state index in [9.17, 15) is 14.4 Å². The topological polar surface area (TPSA) is 78.9 Å². The average Bonchev–Trinajstić information content (AvgIpc) is 3.39. The fourth-order valence-electron chi connectivity index (χ4n) is 7.96. The summed E-state index contributed by atoms with van der Waals surface area (Å²) in [6.45, 7) is 6.44. The van der Waals surface area contributed by atoms with Gasteiger partial charge in [0.1, 0.15) is 13.2 Å². The van der Waals surface area contributed by atoms with Gasteiger partial charge >= 0.3 is 17.9 Å².